The summed E-state index contributed by atoms with van der Waals surface area (Å²) in [5.74, 6) is 0.666. The first-order valence-corrected chi connectivity index (χ1v) is 5.75. The van der Waals surface area contributed by atoms with Crippen LogP contribution in [0.25, 0.3) is 0 Å². The molecule has 0 bridgehead atoms. The van der Waals surface area contributed by atoms with Crippen LogP contribution in [0.3, 0.4) is 0 Å². The molecule has 0 heterocycles. The van der Waals surface area contributed by atoms with Gasteiger partial charge in [0.05, 0.1) is 13.7 Å². The lowest BCUT2D eigenvalue weighted by molar-refractivity contribution is 0.0955. The largest absolute Gasteiger partial charge is 0.496 e. The molecular formula is C13H19NO3. The molecule has 1 aromatic rings. The van der Waals surface area contributed by atoms with Crippen molar-refractivity contribution in [3.8, 4) is 5.75 Å². The molecule has 0 aliphatic rings. The lowest BCUT2D eigenvalue weighted by Crippen LogP contribution is -2.22. The number of rotatable bonds is 6. The summed E-state index contributed by atoms with van der Waals surface area (Å²) in [5.41, 5.74) is 1.51. The van der Waals surface area contributed by atoms with E-state index in [0.717, 1.165) is 11.3 Å². The van der Waals surface area contributed by atoms with Crippen molar-refractivity contribution in [3.05, 3.63) is 29.3 Å². The number of amides is 1. The summed E-state index contributed by atoms with van der Waals surface area (Å²) in [7, 11) is 1.61. The third-order valence-corrected chi connectivity index (χ3v) is 2.34. The smallest absolute Gasteiger partial charge is 0.251 e. The van der Waals surface area contributed by atoms with Crippen molar-refractivity contribution < 1.29 is 14.3 Å². The Balaban J connectivity index is 2.91. The second-order valence-electron chi connectivity index (χ2n) is 3.52. The molecule has 0 saturated carbocycles. The standard InChI is InChI=1S/C13H19NO3/c1-4-14-13(15)10-6-7-12(16-3)11(8-10)9-17-5-2/h6-8H,4-5,9H2,1-3H3,(H,14,15). The Hall–Kier alpha value is -1.55. The summed E-state index contributed by atoms with van der Waals surface area (Å²) in [6.07, 6.45) is 0. The first kappa shape index (κ1) is 13.5. The van der Waals surface area contributed by atoms with Crippen LogP contribution in [-0.4, -0.2) is 26.2 Å². The van der Waals surface area contributed by atoms with E-state index in [1.807, 2.05) is 13.8 Å². The predicted octanol–water partition coefficient (Wildman–Crippen LogP) is 1.98. The maximum absolute atomic E-state index is 11.7. The summed E-state index contributed by atoms with van der Waals surface area (Å²) < 4.78 is 10.6. The minimum absolute atomic E-state index is 0.0760. The van der Waals surface area contributed by atoms with Gasteiger partial charge in [-0.2, -0.15) is 0 Å². The number of nitrogens with one attached hydrogen (secondary N) is 1. The van der Waals surface area contributed by atoms with Crippen molar-refractivity contribution in [2.75, 3.05) is 20.3 Å². The average Bonchev–Trinajstić information content (AvgIpc) is 2.36. The molecule has 0 unspecified atom stereocenters. The number of ether oxygens (including phenoxy) is 2. The molecule has 1 N–H and O–H groups in total. The van der Waals surface area contributed by atoms with Gasteiger partial charge in [-0.15, -0.1) is 0 Å². The zero-order chi connectivity index (χ0) is 12.7. The number of benzene rings is 1. The van der Waals surface area contributed by atoms with E-state index < -0.39 is 0 Å². The van der Waals surface area contributed by atoms with E-state index in [1.165, 1.54) is 0 Å². The Labute approximate surface area is 102 Å². The van der Waals surface area contributed by atoms with Crippen LogP contribution < -0.4 is 10.1 Å². The van der Waals surface area contributed by atoms with E-state index in [2.05, 4.69) is 5.32 Å². The second-order valence-corrected chi connectivity index (χ2v) is 3.52. The highest BCUT2D eigenvalue weighted by Crippen LogP contribution is 2.20. The summed E-state index contributed by atoms with van der Waals surface area (Å²) >= 11 is 0. The SMILES string of the molecule is CCNC(=O)c1ccc(OC)c(COCC)c1. The zero-order valence-corrected chi connectivity index (χ0v) is 10.6. The van der Waals surface area contributed by atoms with Gasteiger partial charge in [-0.1, -0.05) is 0 Å². The third-order valence-electron chi connectivity index (χ3n) is 2.34. The fourth-order valence-corrected chi connectivity index (χ4v) is 1.51. The summed E-state index contributed by atoms with van der Waals surface area (Å²) in [6, 6.07) is 5.34. The number of hydrogen-bond acceptors (Lipinski definition) is 3. The molecule has 0 saturated heterocycles. The van der Waals surface area contributed by atoms with Crippen molar-refractivity contribution in [3.63, 3.8) is 0 Å². The van der Waals surface area contributed by atoms with E-state index >= 15 is 0 Å². The van der Waals surface area contributed by atoms with Crippen molar-refractivity contribution in [1.29, 1.82) is 0 Å². The normalized spacial score (nSPS) is 10.1. The van der Waals surface area contributed by atoms with Gasteiger partial charge in [-0.3, -0.25) is 4.79 Å². The highest BCUT2D eigenvalue weighted by molar-refractivity contribution is 5.94. The van der Waals surface area contributed by atoms with E-state index in [1.54, 1.807) is 25.3 Å². The topological polar surface area (TPSA) is 47.6 Å². The monoisotopic (exact) mass is 237 g/mol. The summed E-state index contributed by atoms with van der Waals surface area (Å²) in [5, 5.41) is 2.76. The number of carbonyl (C=O) groups excluding carboxylic acids is 1. The second kappa shape index (κ2) is 6.91. The number of methoxy groups -OCH3 is 1. The molecule has 1 aromatic carbocycles. The fraction of sp³-hybridized carbons (Fsp3) is 0.462. The summed E-state index contributed by atoms with van der Waals surface area (Å²) in [6.45, 7) is 5.52. The minimum atomic E-state index is -0.0760. The van der Waals surface area contributed by atoms with Gasteiger partial charge in [-0.25, -0.2) is 0 Å². The van der Waals surface area contributed by atoms with Gasteiger partial charge in [0.15, 0.2) is 0 Å². The van der Waals surface area contributed by atoms with Crippen LogP contribution in [0.1, 0.15) is 29.8 Å². The molecule has 0 aliphatic heterocycles. The Morgan fingerprint density at radius 2 is 2.12 bits per heavy atom. The maximum atomic E-state index is 11.7. The highest BCUT2D eigenvalue weighted by Gasteiger charge is 2.09. The molecule has 0 aromatic heterocycles. The maximum Gasteiger partial charge on any atom is 0.251 e. The van der Waals surface area contributed by atoms with E-state index in [9.17, 15) is 4.79 Å². The molecule has 94 valence electrons. The van der Waals surface area contributed by atoms with Crippen LogP contribution in [0.4, 0.5) is 0 Å². The number of carbonyl (C=O) groups is 1. The van der Waals surface area contributed by atoms with Crippen LogP contribution in [0.15, 0.2) is 18.2 Å². The van der Waals surface area contributed by atoms with Crippen molar-refractivity contribution in [2.24, 2.45) is 0 Å². The molecule has 1 rings (SSSR count). The molecule has 0 fully saturated rings. The Morgan fingerprint density at radius 1 is 1.35 bits per heavy atom. The van der Waals surface area contributed by atoms with Gasteiger partial charge in [-0.05, 0) is 32.0 Å². The minimum Gasteiger partial charge on any atom is -0.496 e. The molecule has 4 heteroatoms. The Morgan fingerprint density at radius 3 is 2.71 bits per heavy atom. The molecule has 1 amide bonds. The lowest BCUT2D eigenvalue weighted by atomic mass is 10.1. The van der Waals surface area contributed by atoms with Gasteiger partial charge >= 0.3 is 0 Å². The fourth-order valence-electron chi connectivity index (χ4n) is 1.51. The van der Waals surface area contributed by atoms with Crippen LogP contribution in [0, 0.1) is 0 Å². The quantitative estimate of drug-likeness (QED) is 0.823. The van der Waals surface area contributed by atoms with Gasteiger partial charge < -0.3 is 14.8 Å². The molecule has 0 aliphatic carbocycles. The van der Waals surface area contributed by atoms with Crippen LogP contribution in [-0.2, 0) is 11.3 Å². The molecular weight excluding hydrogens is 218 g/mol. The van der Waals surface area contributed by atoms with Gasteiger partial charge in [0.2, 0.25) is 0 Å². The van der Waals surface area contributed by atoms with Gasteiger partial charge in [0.25, 0.3) is 5.91 Å². The van der Waals surface area contributed by atoms with Crippen LogP contribution in [0.5, 0.6) is 5.75 Å². The van der Waals surface area contributed by atoms with Crippen LogP contribution in [0.2, 0.25) is 0 Å². The van der Waals surface area contributed by atoms with Crippen molar-refractivity contribution >= 4 is 5.91 Å². The van der Waals surface area contributed by atoms with Crippen molar-refractivity contribution in [2.45, 2.75) is 20.5 Å². The van der Waals surface area contributed by atoms with Gasteiger partial charge in [0.1, 0.15) is 5.75 Å². The molecule has 17 heavy (non-hydrogen) atoms. The predicted molar refractivity (Wildman–Crippen MR) is 66.3 cm³/mol. The first-order valence-electron chi connectivity index (χ1n) is 5.75. The zero-order valence-electron chi connectivity index (χ0n) is 10.6. The molecule has 0 radical (unpaired) electrons. The van der Waals surface area contributed by atoms with Gasteiger partial charge in [0, 0.05) is 24.3 Å². The van der Waals surface area contributed by atoms with Crippen LogP contribution >= 0.6 is 0 Å². The van der Waals surface area contributed by atoms with Crippen molar-refractivity contribution in [1.82, 2.24) is 5.32 Å². The molecule has 0 atom stereocenters. The van der Waals surface area contributed by atoms with E-state index in [-0.39, 0.29) is 5.91 Å². The summed E-state index contributed by atoms with van der Waals surface area (Å²) in [4.78, 5) is 11.7. The lowest BCUT2D eigenvalue weighted by Gasteiger charge is -2.10. The van der Waals surface area contributed by atoms with E-state index in [0.29, 0.717) is 25.3 Å². The molecule has 0 spiro atoms. The highest BCUT2D eigenvalue weighted by atomic mass is 16.5. The average molecular weight is 237 g/mol. The Kier molecular flexibility index (Phi) is 5.49. The number of hydrogen-bond donors (Lipinski definition) is 1. The van der Waals surface area contributed by atoms with E-state index in [4.69, 9.17) is 9.47 Å². The molecule has 4 nitrogen and oxygen atoms in total. The third kappa shape index (κ3) is 3.75. The Bertz CT molecular complexity index is 377. The first-order chi connectivity index (χ1) is 8.22.